The van der Waals surface area contributed by atoms with Gasteiger partial charge < -0.3 is 10.4 Å². The van der Waals surface area contributed by atoms with Gasteiger partial charge in [0.15, 0.2) is 0 Å². The van der Waals surface area contributed by atoms with Gasteiger partial charge in [-0.05, 0) is 35.7 Å². The van der Waals surface area contributed by atoms with E-state index in [0.717, 1.165) is 25.1 Å². The summed E-state index contributed by atoms with van der Waals surface area (Å²) >= 11 is 0. The molecular formula is C17H21NO. The molecule has 100 valence electrons. The van der Waals surface area contributed by atoms with Crippen LogP contribution in [0.1, 0.15) is 25.7 Å². The zero-order valence-electron chi connectivity index (χ0n) is 11.2. The van der Waals surface area contributed by atoms with E-state index in [1.165, 1.54) is 23.6 Å². The first-order valence-corrected chi connectivity index (χ1v) is 7.24. The van der Waals surface area contributed by atoms with Crippen molar-refractivity contribution in [1.29, 1.82) is 0 Å². The highest BCUT2D eigenvalue weighted by atomic mass is 16.3. The monoisotopic (exact) mass is 255 g/mol. The van der Waals surface area contributed by atoms with Crippen LogP contribution in [0.4, 0.5) is 5.69 Å². The van der Waals surface area contributed by atoms with E-state index in [2.05, 4.69) is 47.8 Å². The van der Waals surface area contributed by atoms with E-state index >= 15 is 0 Å². The van der Waals surface area contributed by atoms with Crippen LogP contribution < -0.4 is 5.32 Å². The highest BCUT2D eigenvalue weighted by Gasteiger charge is 2.22. The van der Waals surface area contributed by atoms with E-state index in [1.807, 2.05) is 0 Å². The van der Waals surface area contributed by atoms with E-state index in [9.17, 15) is 5.11 Å². The van der Waals surface area contributed by atoms with Crippen molar-refractivity contribution < 1.29 is 5.11 Å². The smallest absolute Gasteiger partial charge is 0.0585 e. The molecule has 1 fully saturated rings. The van der Waals surface area contributed by atoms with Gasteiger partial charge in [-0.3, -0.25) is 0 Å². The Kier molecular flexibility index (Phi) is 3.69. The quantitative estimate of drug-likeness (QED) is 0.874. The molecule has 2 unspecified atom stereocenters. The SMILES string of the molecule is OC1CCCCC1CNc1ccc2ccccc2c1. The normalized spacial score (nSPS) is 23.4. The van der Waals surface area contributed by atoms with E-state index in [1.54, 1.807) is 0 Å². The Labute approximate surface area is 114 Å². The lowest BCUT2D eigenvalue weighted by atomic mass is 9.86. The van der Waals surface area contributed by atoms with Gasteiger partial charge in [0.1, 0.15) is 0 Å². The predicted octanol–water partition coefficient (Wildman–Crippen LogP) is 3.80. The second kappa shape index (κ2) is 5.62. The van der Waals surface area contributed by atoms with Gasteiger partial charge in [0.2, 0.25) is 0 Å². The van der Waals surface area contributed by atoms with Gasteiger partial charge in [0.05, 0.1) is 6.10 Å². The number of benzene rings is 2. The highest BCUT2D eigenvalue weighted by Crippen LogP contribution is 2.25. The van der Waals surface area contributed by atoms with Crippen molar-refractivity contribution >= 4 is 16.5 Å². The molecule has 0 saturated heterocycles. The summed E-state index contributed by atoms with van der Waals surface area (Å²) in [7, 11) is 0. The zero-order valence-corrected chi connectivity index (χ0v) is 11.2. The van der Waals surface area contributed by atoms with Gasteiger partial charge in [-0.25, -0.2) is 0 Å². The molecule has 2 aromatic carbocycles. The maximum absolute atomic E-state index is 9.98. The van der Waals surface area contributed by atoms with Gasteiger partial charge in [-0.15, -0.1) is 0 Å². The van der Waals surface area contributed by atoms with Crippen molar-refractivity contribution in [3.05, 3.63) is 42.5 Å². The third kappa shape index (κ3) is 2.90. The van der Waals surface area contributed by atoms with Crippen LogP contribution in [0.3, 0.4) is 0 Å². The zero-order chi connectivity index (χ0) is 13.1. The molecule has 19 heavy (non-hydrogen) atoms. The molecule has 0 heterocycles. The summed E-state index contributed by atoms with van der Waals surface area (Å²) in [4.78, 5) is 0. The molecule has 0 bridgehead atoms. The molecule has 0 spiro atoms. The van der Waals surface area contributed by atoms with Crippen LogP contribution in [0.25, 0.3) is 10.8 Å². The molecule has 2 N–H and O–H groups in total. The van der Waals surface area contributed by atoms with Gasteiger partial charge in [0, 0.05) is 18.2 Å². The van der Waals surface area contributed by atoms with Crippen LogP contribution in [0, 0.1) is 5.92 Å². The maximum atomic E-state index is 9.98. The lowest BCUT2D eigenvalue weighted by Crippen LogP contribution is -2.30. The summed E-state index contributed by atoms with van der Waals surface area (Å²) in [5.41, 5.74) is 1.15. The molecule has 2 aromatic rings. The van der Waals surface area contributed by atoms with Crippen molar-refractivity contribution in [1.82, 2.24) is 0 Å². The molecular weight excluding hydrogens is 234 g/mol. The summed E-state index contributed by atoms with van der Waals surface area (Å²) in [6, 6.07) is 14.8. The molecule has 1 saturated carbocycles. The number of rotatable bonds is 3. The number of nitrogens with one attached hydrogen (secondary N) is 1. The van der Waals surface area contributed by atoms with Gasteiger partial charge in [-0.1, -0.05) is 43.2 Å². The molecule has 0 aliphatic heterocycles. The highest BCUT2D eigenvalue weighted by molar-refractivity contribution is 5.85. The number of aliphatic hydroxyl groups excluding tert-OH is 1. The number of hydrogen-bond acceptors (Lipinski definition) is 2. The summed E-state index contributed by atoms with van der Waals surface area (Å²) in [6.07, 6.45) is 4.40. The van der Waals surface area contributed by atoms with Crippen LogP contribution >= 0.6 is 0 Å². The Balaban J connectivity index is 1.67. The first-order chi connectivity index (χ1) is 9.33. The van der Waals surface area contributed by atoms with Gasteiger partial charge in [0.25, 0.3) is 0 Å². The Hall–Kier alpha value is -1.54. The van der Waals surface area contributed by atoms with Gasteiger partial charge >= 0.3 is 0 Å². The predicted molar refractivity (Wildman–Crippen MR) is 80.4 cm³/mol. The molecule has 2 nitrogen and oxygen atoms in total. The standard InChI is InChI=1S/C17H21NO/c19-17-8-4-3-7-15(17)12-18-16-10-9-13-5-1-2-6-14(13)11-16/h1-2,5-6,9-11,15,17-19H,3-4,7-8,12H2. The van der Waals surface area contributed by atoms with Crippen LogP contribution in [-0.2, 0) is 0 Å². The van der Waals surface area contributed by atoms with Crippen LogP contribution in [0.5, 0.6) is 0 Å². The number of anilines is 1. The minimum Gasteiger partial charge on any atom is -0.393 e. The van der Waals surface area contributed by atoms with Crippen molar-refractivity contribution in [2.24, 2.45) is 5.92 Å². The number of aliphatic hydroxyl groups is 1. The first kappa shape index (κ1) is 12.5. The Morgan fingerprint density at radius 3 is 2.63 bits per heavy atom. The third-order valence-corrected chi connectivity index (χ3v) is 4.19. The van der Waals surface area contributed by atoms with E-state index in [0.29, 0.717) is 5.92 Å². The molecule has 2 heteroatoms. The second-order valence-electron chi connectivity index (χ2n) is 5.55. The second-order valence-corrected chi connectivity index (χ2v) is 5.55. The van der Waals surface area contributed by atoms with Gasteiger partial charge in [-0.2, -0.15) is 0 Å². The molecule has 0 radical (unpaired) electrons. The minimum absolute atomic E-state index is 0.123. The lowest BCUT2D eigenvalue weighted by molar-refractivity contribution is 0.0763. The third-order valence-electron chi connectivity index (χ3n) is 4.19. The van der Waals surface area contributed by atoms with Crippen LogP contribution in [0.2, 0.25) is 0 Å². The maximum Gasteiger partial charge on any atom is 0.0585 e. The van der Waals surface area contributed by atoms with Crippen molar-refractivity contribution in [3.63, 3.8) is 0 Å². The van der Waals surface area contributed by atoms with Crippen LogP contribution in [-0.4, -0.2) is 17.8 Å². The Morgan fingerprint density at radius 2 is 1.79 bits per heavy atom. The molecule has 3 rings (SSSR count). The molecule has 1 aliphatic carbocycles. The summed E-state index contributed by atoms with van der Waals surface area (Å²) < 4.78 is 0. The Morgan fingerprint density at radius 1 is 1.00 bits per heavy atom. The average molecular weight is 255 g/mol. The van der Waals surface area contributed by atoms with Crippen molar-refractivity contribution in [2.75, 3.05) is 11.9 Å². The van der Waals surface area contributed by atoms with E-state index in [4.69, 9.17) is 0 Å². The largest absolute Gasteiger partial charge is 0.393 e. The lowest BCUT2D eigenvalue weighted by Gasteiger charge is -2.28. The Bertz CT molecular complexity index is 552. The number of fused-ring (bicyclic) bond motifs is 1. The van der Waals surface area contributed by atoms with Crippen LogP contribution in [0.15, 0.2) is 42.5 Å². The molecule has 1 aliphatic rings. The minimum atomic E-state index is -0.123. The van der Waals surface area contributed by atoms with Crippen molar-refractivity contribution in [3.8, 4) is 0 Å². The summed E-state index contributed by atoms with van der Waals surface area (Å²) in [5, 5.41) is 16.0. The molecule has 2 atom stereocenters. The molecule has 0 aromatic heterocycles. The fraction of sp³-hybridized carbons (Fsp3) is 0.412. The number of hydrogen-bond donors (Lipinski definition) is 2. The van der Waals surface area contributed by atoms with E-state index in [-0.39, 0.29) is 6.10 Å². The first-order valence-electron chi connectivity index (χ1n) is 7.24. The fourth-order valence-corrected chi connectivity index (χ4v) is 2.97. The average Bonchev–Trinajstić information content (AvgIpc) is 2.46. The summed E-state index contributed by atoms with van der Waals surface area (Å²) in [6.45, 7) is 0.875. The summed E-state index contributed by atoms with van der Waals surface area (Å²) in [5.74, 6) is 0.403. The topological polar surface area (TPSA) is 32.3 Å². The molecule has 0 amide bonds. The fourth-order valence-electron chi connectivity index (χ4n) is 2.97. The van der Waals surface area contributed by atoms with Crippen molar-refractivity contribution in [2.45, 2.75) is 31.8 Å². The van der Waals surface area contributed by atoms with E-state index < -0.39 is 0 Å².